The number of likely N-dealkylation sites (N-methyl/N-ethyl adjacent to an activating group) is 1. The lowest BCUT2D eigenvalue weighted by Crippen LogP contribution is -2.30. The van der Waals surface area contributed by atoms with Crippen molar-refractivity contribution in [2.24, 2.45) is 0 Å². The van der Waals surface area contributed by atoms with Gasteiger partial charge in [-0.1, -0.05) is 24.4 Å². The van der Waals surface area contributed by atoms with Crippen molar-refractivity contribution in [3.63, 3.8) is 0 Å². The molecule has 2 aliphatic rings. The van der Waals surface area contributed by atoms with Gasteiger partial charge in [-0.3, -0.25) is 14.8 Å². The number of unbranched alkanes of at least 4 members (excludes halogenated alkanes) is 2. The molecule has 172 valence electrons. The Morgan fingerprint density at radius 1 is 1.32 bits per heavy atom. The molecule has 0 saturated carbocycles. The van der Waals surface area contributed by atoms with Crippen LogP contribution in [0.3, 0.4) is 0 Å². The number of likely N-dealkylation sites (tertiary alicyclic amines) is 1. The lowest BCUT2D eigenvalue weighted by atomic mass is 10.1. The first-order valence-corrected chi connectivity index (χ1v) is 12.0. The van der Waals surface area contributed by atoms with Gasteiger partial charge in [-0.25, -0.2) is 9.18 Å². The van der Waals surface area contributed by atoms with Crippen molar-refractivity contribution in [3.05, 3.63) is 29.6 Å². The van der Waals surface area contributed by atoms with Crippen LogP contribution < -0.4 is 14.8 Å². The highest BCUT2D eigenvalue weighted by molar-refractivity contribution is 7.97. The van der Waals surface area contributed by atoms with Gasteiger partial charge in [0.25, 0.3) is 0 Å². The Balaban J connectivity index is 1.33. The number of urea groups is 1. The number of nitrogens with zero attached hydrogens (tertiary/aromatic N) is 2. The molecule has 2 atom stereocenters. The minimum atomic E-state index is -0.322. The standard InChI is InChI=1S/C22H33FN4O3S/c1-16(25-31-12-5-3-4-11-27-14-21(28)24-22(27)29)17-8-9-19(23)20(13-17)30-15-18-7-6-10-26(18)2/h8-9,13,16,18,25H,3-7,10-12,14-15H2,1-2H3,(H,24,28,29). The van der Waals surface area contributed by atoms with Gasteiger partial charge in [0.05, 0.1) is 0 Å². The zero-order chi connectivity index (χ0) is 22.2. The third-order valence-corrected chi connectivity index (χ3v) is 6.87. The number of imide groups is 1. The van der Waals surface area contributed by atoms with Crippen molar-refractivity contribution in [1.29, 1.82) is 0 Å². The van der Waals surface area contributed by atoms with Gasteiger partial charge in [0.15, 0.2) is 11.6 Å². The molecule has 9 heteroatoms. The maximum Gasteiger partial charge on any atom is 0.324 e. The largest absolute Gasteiger partial charge is 0.489 e. The van der Waals surface area contributed by atoms with Gasteiger partial charge < -0.3 is 14.5 Å². The molecule has 0 spiro atoms. The second-order valence-corrected chi connectivity index (χ2v) is 9.23. The van der Waals surface area contributed by atoms with Crippen molar-refractivity contribution >= 4 is 23.9 Å². The summed E-state index contributed by atoms with van der Waals surface area (Å²) < 4.78 is 23.4. The van der Waals surface area contributed by atoms with Crippen molar-refractivity contribution in [1.82, 2.24) is 19.8 Å². The minimum Gasteiger partial charge on any atom is -0.489 e. The van der Waals surface area contributed by atoms with Gasteiger partial charge in [0, 0.05) is 24.4 Å². The van der Waals surface area contributed by atoms with Gasteiger partial charge in [-0.15, -0.1) is 0 Å². The molecule has 1 aromatic rings. The summed E-state index contributed by atoms with van der Waals surface area (Å²) in [6.45, 7) is 4.43. The van der Waals surface area contributed by atoms with Gasteiger partial charge in [0.1, 0.15) is 13.2 Å². The number of nitrogens with one attached hydrogen (secondary N) is 2. The van der Waals surface area contributed by atoms with Crippen LogP contribution in [-0.2, 0) is 4.79 Å². The normalized spacial score (nSPS) is 20.4. The molecule has 2 heterocycles. The highest BCUT2D eigenvalue weighted by Gasteiger charge is 2.25. The average molecular weight is 453 g/mol. The van der Waals surface area contributed by atoms with Crippen molar-refractivity contribution in [3.8, 4) is 5.75 Å². The van der Waals surface area contributed by atoms with Crippen LogP contribution in [-0.4, -0.2) is 66.8 Å². The number of amides is 3. The summed E-state index contributed by atoms with van der Waals surface area (Å²) in [4.78, 5) is 26.4. The molecule has 0 aliphatic carbocycles. The second-order valence-electron chi connectivity index (χ2n) is 8.30. The van der Waals surface area contributed by atoms with E-state index in [2.05, 4.69) is 28.9 Å². The Bertz CT molecular complexity index is 766. The summed E-state index contributed by atoms with van der Waals surface area (Å²) in [6.07, 6.45) is 5.14. The first kappa shape index (κ1) is 23.8. The van der Waals surface area contributed by atoms with E-state index >= 15 is 0 Å². The van der Waals surface area contributed by atoms with Crippen LogP contribution in [0.5, 0.6) is 5.75 Å². The van der Waals surface area contributed by atoms with Gasteiger partial charge in [-0.05, 0) is 63.9 Å². The third-order valence-electron chi connectivity index (χ3n) is 5.86. The van der Waals surface area contributed by atoms with E-state index in [0.29, 0.717) is 24.9 Å². The van der Waals surface area contributed by atoms with Crippen LogP contribution in [0.2, 0.25) is 0 Å². The van der Waals surface area contributed by atoms with E-state index in [0.717, 1.165) is 43.5 Å². The fourth-order valence-corrected chi connectivity index (χ4v) is 4.70. The molecular weight excluding hydrogens is 419 g/mol. The molecule has 2 N–H and O–H groups in total. The molecule has 1 aromatic carbocycles. The molecule has 31 heavy (non-hydrogen) atoms. The zero-order valence-electron chi connectivity index (χ0n) is 18.4. The predicted molar refractivity (Wildman–Crippen MR) is 121 cm³/mol. The zero-order valence-corrected chi connectivity index (χ0v) is 19.2. The number of carbonyl (C=O) groups excluding carboxylic acids is 2. The van der Waals surface area contributed by atoms with Crippen LogP contribution in [0, 0.1) is 5.82 Å². The van der Waals surface area contributed by atoms with Crippen molar-refractivity contribution < 1.29 is 18.7 Å². The van der Waals surface area contributed by atoms with Gasteiger partial charge in [0.2, 0.25) is 5.91 Å². The van der Waals surface area contributed by atoms with Crippen LogP contribution in [0.1, 0.15) is 50.6 Å². The van der Waals surface area contributed by atoms with E-state index in [9.17, 15) is 14.0 Å². The second kappa shape index (κ2) is 11.7. The summed E-state index contributed by atoms with van der Waals surface area (Å²) >= 11 is 1.65. The lowest BCUT2D eigenvalue weighted by Gasteiger charge is -2.20. The smallest absolute Gasteiger partial charge is 0.324 e. The van der Waals surface area contributed by atoms with Crippen LogP contribution in [0.15, 0.2) is 18.2 Å². The number of rotatable bonds is 12. The molecule has 0 bridgehead atoms. The number of benzene rings is 1. The molecule has 2 unspecified atom stereocenters. The molecule has 2 saturated heterocycles. The molecule has 2 fully saturated rings. The summed E-state index contributed by atoms with van der Waals surface area (Å²) in [7, 11) is 2.08. The molecule has 7 nitrogen and oxygen atoms in total. The van der Waals surface area contributed by atoms with E-state index in [4.69, 9.17) is 4.74 Å². The summed E-state index contributed by atoms with van der Waals surface area (Å²) in [5.41, 5.74) is 0.994. The summed E-state index contributed by atoms with van der Waals surface area (Å²) in [5.74, 6) is 0.714. The highest BCUT2D eigenvalue weighted by Crippen LogP contribution is 2.25. The van der Waals surface area contributed by atoms with E-state index in [-0.39, 0.29) is 30.3 Å². The first-order chi connectivity index (χ1) is 14.9. The van der Waals surface area contributed by atoms with E-state index in [1.807, 2.05) is 0 Å². The van der Waals surface area contributed by atoms with E-state index in [1.165, 1.54) is 12.5 Å². The number of hydrogen-bond acceptors (Lipinski definition) is 6. The Hall–Kier alpha value is -1.84. The Morgan fingerprint density at radius 2 is 2.16 bits per heavy atom. The average Bonchev–Trinajstić information content (AvgIpc) is 3.30. The fourth-order valence-electron chi connectivity index (χ4n) is 3.84. The highest BCUT2D eigenvalue weighted by atomic mass is 32.2. The quantitative estimate of drug-likeness (QED) is 0.288. The maximum absolute atomic E-state index is 14.2. The number of ether oxygens (including phenoxy) is 1. The molecule has 3 rings (SSSR count). The Morgan fingerprint density at radius 3 is 2.87 bits per heavy atom. The van der Waals surface area contributed by atoms with Crippen molar-refractivity contribution in [2.45, 2.75) is 51.1 Å². The van der Waals surface area contributed by atoms with E-state index < -0.39 is 0 Å². The Kier molecular flexibility index (Phi) is 8.98. The molecular formula is C22H33FN4O3S. The topological polar surface area (TPSA) is 73.9 Å². The predicted octanol–water partition coefficient (Wildman–Crippen LogP) is 3.32. The van der Waals surface area contributed by atoms with Crippen LogP contribution in [0.25, 0.3) is 0 Å². The van der Waals surface area contributed by atoms with Gasteiger partial charge in [-0.2, -0.15) is 0 Å². The Labute approximate surface area is 188 Å². The first-order valence-electron chi connectivity index (χ1n) is 11.0. The maximum atomic E-state index is 14.2. The van der Waals surface area contributed by atoms with Gasteiger partial charge >= 0.3 is 6.03 Å². The monoisotopic (exact) mass is 452 g/mol. The molecule has 0 aromatic heterocycles. The third kappa shape index (κ3) is 7.08. The molecule has 3 amide bonds. The van der Waals surface area contributed by atoms with Crippen molar-refractivity contribution in [2.75, 3.05) is 39.0 Å². The number of hydrogen-bond donors (Lipinski definition) is 2. The SMILES string of the molecule is CC(NSCCCCCN1CC(=O)NC1=O)c1ccc(F)c(OCC2CCCN2C)c1. The number of halogens is 1. The van der Waals surface area contributed by atoms with E-state index in [1.54, 1.807) is 29.0 Å². The molecule has 2 aliphatic heterocycles. The molecule has 0 radical (unpaired) electrons. The summed E-state index contributed by atoms with van der Waals surface area (Å²) in [6, 6.07) is 5.21. The minimum absolute atomic E-state index is 0.0708. The lowest BCUT2D eigenvalue weighted by molar-refractivity contribution is -0.118. The van der Waals surface area contributed by atoms with Crippen LogP contribution in [0.4, 0.5) is 9.18 Å². The number of carbonyl (C=O) groups is 2. The fraction of sp³-hybridized carbons (Fsp3) is 0.636. The summed E-state index contributed by atoms with van der Waals surface area (Å²) in [5, 5.41) is 2.29. The van der Waals surface area contributed by atoms with Crippen LogP contribution >= 0.6 is 11.9 Å².